The van der Waals surface area contributed by atoms with Crippen molar-refractivity contribution in [2.45, 2.75) is 37.8 Å². The van der Waals surface area contributed by atoms with Crippen LogP contribution in [-0.2, 0) is 17.0 Å². The van der Waals surface area contributed by atoms with Crippen molar-refractivity contribution in [3.8, 4) is 0 Å². The molecule has 4 rings (SSSR count). The summed E-state index contributed by atoms with van der Waals surface area (Å²) in [6.07, 6.45) is 0.871. The number of anilines is 1. The van der Waals surface area contributed by atoms with E-state index >= 15 is 0 Å². The van der Waals surface area contributed by atoms with Crippen molar-refractivity contribution in [1.29, 1.82) is 0 Å². The highest BCUT2D eigenvalue weighted by atomic mass is 32.2. The van der Waals surface area contributed by atoms with Gasteiger partial charge >= 0.3 is 0 Å². The van der Waals surface area contributed by atoms with Crippen molar-refractivity contribution in [1.82, 2.24) is 15.0 Å². The SMILES string of the molecule is CCc1cc(C)ccc1NC(=O)CN1CCN(C(=O)c2ccccc2SCc2cc(C)on2)CC1. The van der Waals surface area contributed by atoms with Crippen LogP contribution in [0, 0.1) is 13.8 Å². The number of nitrogens with zero attached hydrogens (tertiary/aromatic N) is 3. The monoisotopic (exact) mass is 492 g/mol. The van der Waals surface area contributed by atoms with Crippen molar-refractivity contribution in [3.05, 3.63) is 76.7 Å². The second kappa shape index (κ2) is 11.6. The van der Waals surface area contributed by atoms with Gasteiger partial charge in [-0.05, 0) is 44.0 Å². The van der Waals surface area contributed by atoms with E-state index in [1.807, 2.05) is 54.3 Å². The molecule has 35 heavy (non-hydrogen) atoms. The third kappa shape index (κ3) is 6.52. The Kier molecular flexibility index (Phi) is 8.25. The topological polar surface area (TPSA) is 78.7 Å². The van der Waals surface area contributed by atoms with Crippen LogP contribution in [-0.4, -0.2) is 59.5 Å². The fourth-order valence-electron chi connectivity index (χ4n) is 4.22. The first kappa shape index (κ1) is 25.0. The van der Waals surface area contributed by atoms with Gasteiger partial charge < -0.3 is 14.7 Å². The number of piperazine rings is 1. The molecule has 3 aromatic rings. The Morgan fingerprint density at radius 3 is 2.54 bits per heavy atom. The zero-order valence-corrected chi connectivity index (χ0v) is 21.4. The smallest absolute Gasteiger partial charge is 0.255 e. The lowest BCUT2D eigenvalue weighted by atomic mass is 10.1. The van der Waals surface area contributed by atoms with Gasteiger partial charge in [0.25, 0.3) is 5.91 Å². The van der Waals surface area contributed by atoms with E-state index in [1.54, 1.807) is 11.8 Å². The van der Waals surface area contributed by atoms with E-state index < -0.39 is 0 Å². The fraction of sp³-hybridized carbons (Fsp3) is 0.370. The largest absolute Gasteiger partial charge is 0.361 e. The summed E-state index contributed by atoms with van der Waals surface area (Å²) < 4.78 is 5.14. The van der Waals surface area contributed by atoms with E-state index in [0.29, 0.717) is 44.0 Å². The lowest BCUT2D eigenvalue weighted by molar-refractivity contribution is -0.117. The summed E-state index contributed by atoms with van der Waals surface area (Å²) in [7, 11) is 0. The van der Waals surface area contributed by atoms with Crippen LogP contribution in [0.25, 0.3) is 0 Å². The van der Waals surface area contributed by atoms with Gasteiger partial charge in [0.1, 0.15) is 5.76 Å². The van der Waals surface area contributed by atoms with Crippen LogP contribution in [0.5, 0.6) is 0 Å². The summed E-state index contributed by atoms with van der Waals surface area (Å²) in [5.41, 5.74) is 4.78. The van der Waals surface area contributed by atoms with Crippen LogP contribution >= 0.6 is 11.8 Å². The molecular formula is C27H32N4O3S. The molecule has 7 nitrogen and oxygen atoms in total. The maximum absolute atomic E-state index is 13.3. The minimum Gasteiger partial charge on any atom is -0.361 e. The molecule has 2 heterocycles. The van der Waals surface area contributed by atoms with E-state index in [4.69, 9.17) is 4.52 Å². The Labute approximate surface area is 210 Å². The number of rotatable bonds is 8. The predicted octanol–water partition coefficient (Wildman–Crippen LogP) is 4.54. The Bertz CT molecular complexity index is 1180. The number of carbonyl (C=O) groups is 2. The van der Waals surface area contributed by atoms with Crippen LogP contribution in [0.1, 0.15) is 39.9 Å². The summed E-state index contributed by atoms with van der Waals surface area (Å²) >= 11 is 1.59. The number of carbonyl (C=O) groups excluding carboxylic acids is 2. The Morgan fingerprint density at radius 2 is 1.83 bits per heavy atom. The van der Waals surface area contributed by atoms with Crippen molar-refractivity contribution >= 4 is 29.3 Å². The molecule has 1 aliphatic rings. The molecule has 1 N–H and O–H groups in total. The fourth-order valence-corrected chi connectivity index (χ4v) is 5.14. The van der Waals surface area contributed by atoms with Crippen molar-refractivity contribution in [3.63, 3.8) is 0 Å². The predicted molar refractivity (Wildman–Crippen MR) is 139 cm³/mol. The lowest BCUT2D eigenvalue weighted by Gasteiger charge is -2.34. The van der Waals surface area contributed by atoms with E-state index in [1.165, 1.54) is 5.56 Å². The Balaban J connectivity index is 1.30. The van der Waals surface area contributed by atoms with Crippen molar-refractivity contribution in [2.75, 3.05) is 38.0 Å². The van der Waals surface area contributed by atoms with Gasteiger partial charge in [0, 0.05) is 48.6 Å². The van der Waals surface area contributed by atoms with Gasteiger partial charge in [0.05, 0.1) is 17.8 Å². The van der Waals surface area contributed by atoms with Gasteiger partial charge in [-0.3, -0.25) is 14.5 Å². The molecule has 2 aromatic carbocycles. The first-order valence-corrected chi connectivity index (χ1v) is 13.0. The van der Waals surface area contributed by atoms with E-state index in [0.717, 1.165) is 34.0 Å². The van der Waals surface area contributed by atoms with Crippen LogP contribution in [0.4, 0.5) is 5.69 Å². The lowest BCUT2D eigenvalue weighted by Crippen LogP contribution is -2.50. The van der Waals surface area contributed by atoms with Crippen molar-refractivity contribution < 1.29 is 14.1 Å². The molecule has 1 aliphatic heterocycles. The third-order valence-corrected chi connectivity index (χ3v) is 7.22. The van der Waals surface area contributed by atoms with Crippen LogP contribution < -0.4 is 5.32 Å². The molecule has 0 radical (unpaired) electrons. The number of amides is 2. The second-order valence-corrected chi connectivity index (χ2v) is 9.86. The van der Waals surface area contributed by atoms with E-state index in [9.17, 15) is 9.59 Å². The second-order valence-electron chi connectivity index (χ2n) is 8.84. The average molecular weight is 493 g/mol. The molecule has 8 heteroatoms. The molecule has 1 aromatic heterocycles. The summed E-state index contributed by atoms with van der Waals surface area (Å²) in [4.78, 5) is 30.9. The normalized spacial score (nSPS) is 14.2. The van der Waals surface area contributed by atoms with Gasteiger partial charge in [0.15, 0.2) is 0 Å². The number of hydrogen-bond acceptors (Lipinski definition) is 6. The standard InChI is InChI=1S/C27H32N4O3S/c1-4-21-15-19(2)9-10-24(21)28-26(32)17-30-11-13-31(14-12-30)27(33)23-7-5-6-8-25(23)35-18-22-16-20(3)34-29-22/h5-10,15-16H,4,11-14,17-18H2,1-3H3,(H,28,32). The zero-order valence-electron chi connectivity index (χ0n) is 20.5. The highest BCUT2D eigenvalue weighted by Crippen LogP contribution is 2.27. The number of nitrogens with one attached hydrogen (secondary N) is 1. The average Bonchev–Trinajstić information content (AvgIpc) is 3.29. The van der Waals surface area contributed by atoms with Crippen molar-refractivity contribution in [2.24, 2.45) is 0 Å². The van der Waals surface area contributed by atoms with Crippen LogP contribution in [0.3, 0.4) is 0 Å². The molecule has 2 amide bonds. The maximum atomic E-state index is 13.3. The number of aromatic nitrogens is 1. The van der Waals surface area contributed by atoms with Gasteiger partial charge in [-0.2, -0.15) is 0 Å². The molecule has 0 spiro atoms. The molecule has 0 bridgehead atoms. The first-order chi connectivity index (χ1) is 16.9. The van der Waals surface area contributed by atoms with E-state index in [-0.39, 0.29) is 11.8 Å². The summed E-state index contributed by atoms with van der Waals surface area (Å²) in [5.74, 6) is 1.43. The Morgan fingerprint density at radius 1 is 1.06 bits per heavy atom. The molecule has 1 fully saturated rings. The first-order valence-electron chi connectivity index (χ1n) is 12.0. The number of thioether (sulfide) groups is 1. The third-order valence-electron chi connectivity index (χ3n) is 6.11. The highest BCUT2D eigenvalue weighted by molar-refractivity contribution is 7.98. The van der Waals surface area contributed by atoms with Gasteiger partial charge in [-0.15, -0.1) is 11.8 Å². The van der Waals surface area contributed by atoms with Gasteiger partial charge in [-0.1, -0.05) is 41.9 Å². The quantitative estimate of drug-likeness (QED) is 0.465. The number of aryl methyl sites for hydroxylation is 3. The molecule has 0 saturated carbocycles. The van der Waals surface area contributed by atoms with Gasteiger partial charge in [0.2, 0.25) is 5.91 Å². The maximum Gasteiger partial charge on any atom is 0.255 e. The highest BCUT2D eigenvalue weighted by Gasteiger charge is 2.25. The Hall–Kier alpha value is -3.10. The molecule has 0 atom stereocenters. The van der Waals surface area contributed by atoms with E-state index in [2.05, 4.69) is 35.3 Å². The number of benzene rings is 2. The summed E-state index contributed by atoms with van der Waals surface area (Å²) in [5, 5.41) is 7.09. The van der Waals surface area contributed by atoms with Crippen LogP contribution in [0.2, 0.25) is 0 Å². The number of hydrogen-bond donors (Lipinski definition) is 1. The molecule has 0 aliphatic carbocycles. The van der Waals surface area contributed by atoms with Crippen LogP contribution in [0.15, 0.2) is 57.9 Å². The molecule has 1 saturated heterocycles. The summed E-state index contributed by atoms with van der Waals surface area (Å²) in [6.45, 7) is 8.86. The zero-order chi connectivity index (χ0) is 24.8. The minimum atomic E-state index is -0.0202. The minimum absolute atomic E-state index is 0.0202. The molecule has 184 valence electrons. The summed E-state index contributed by atoms with van der Waals surface area (Å²) in [6, 6.07) is 15.7. The van der Waals surface area contributed by atoms with Gasteiger partial charge in [-0.25, -0.2) is 0 Å². The molecule has 0 unspecified atom stereocenters. The molecular weight excluding hydrogens is 460 g/mol.